The molecule has 0 aliphatic heterocycles. The highest BCUT2D eigenvalue weighted by Gasteiger charge is 2.07. The van der Waals surface area contributed by atoms with Crippen LogP contribution in [0.5, 0.6) is 0 Å². The van der Waals surface area contributed by atoms with E-state index in [4.69, 9.17) is 4.42 Å². The van der Waals surface area contributed by atoms with Gasteiger partial charge in [-0.25, -0.2) is 0 Å². The van der Waals surface area contributed by atoms with E-state index in [-0.39, 0.29) is 5.91 Å². The Hall–Kier alpha value is -2.03. The summed E-state index contributed by atoms with van der Waals surface area (Å²) in [5.74, 6) is 0.292. The molecule has 2 rings (SSSR count). The molecule has 88 valence electrons. The highest BCUT2D eigenvalue weighted by Crippen LogP contribution is 2.19. The molecule has 1 heterocycles. The van der Waals surface area contributed by atoms with Crippen molar-refractivity contribution in [2.75, 3.05) is 5.32 Å². The minimum absolute atomic E-state index is 0.153. The van der Waals surface area contributed by atoms with Crippen LogP contribution in [0.1, 0.15) is 35.7 Å². The van der Waals surface area contributed by atoms with Crippen molar-refractivity contribution in [2.24, 2.45) is 0 Å². The number of furan rings is 1. The van der Waals surface area contributed by atoms with E-state index in [2.05, 4.69) is 25.2 Å². The van der Waals surface area contributed by atoms with Gasteiger partial charge in [0.25, 0.3) is 5.91 Å². The molecule has 17 heavy (non-hydrogen) atoms. The molecule has 0 aliphatic rings. The van der Waals surface area contributed by atoms with E-state index in [1.54, 1.807) is 6.07 Å². The van der Waals surface area contributed by atoms with E-state index < -0.39 is 0 Å². The summed E-state index contributed by atoms with van der Waals surface area (Å²) in [5.41, 5.74) is 2.54. The van der Waals surface area contributed by atoms with E-state index in [0.29, 0.717) is 11.5 Å². The van der Waals surface area contributed by atoms with Crippen LogP contribution in [-0.4, -0.2) is 5.91 Å². The Balaban J connectivity index is 2.14. The molecule has 0 spiro atoms. The molecular formula is C14H15NO2. The lowest BCUT2D eigenvalue weighted by atomic mass is 10.0. The Morgan fingerprint density at radius 2 is 2.12 bits per heavy atom. The molecule has 0 aliphatic carbocycles. The second-order valence-corrected chi connectivity index (χ2v) is 4.25. The molecule has 0 unspecified atom stereocenters. The minimum Gasteiger partial charge on any atom is -0.472 e. The summed E-state index contributed by atoms with van der Waals surface area (Å²) in [7, 11) is 0. The second-order valence-electron chi connectivity index (χ2n) is 4.25. The number of benzene rings is 1. The highest BCUT2D eigenvalue weighted by molar-refractivity contribution is 6.04. The van der Waals surface area contributed by atoms with E-state index >= 15 is 0 Å². The molecule has 1 aromatic carbocycles. The number of nitrogens with one attached hydrogen (secondary N) is 1. The summed E-state index contributed by atoms with van der Waals surface area (Å²) in [6, 6.07) is 9.51. The lowest BCUT2D eigenvalue weighted by molar-refractivity contribution is 0.102. The summed E-state index contributed by atoms with van der Waals surface area (Å²) < 4.78 is 4.87. The third-order valence-corrected chi connectivity index (χ3v) is 2.59. The van der Waals surface area contributed by atoms with Gasteiger partial charge in [-0.1, -0.05) is 26.0 Å². The Kier molecular flexibility index (Phi) is 3.28. The van der Waals surface area contributed by atoms with Gasteiger partial charge >= 0.3 is 0 Å². The van der Waals surface area contributed by atoms with Crippen LogP contribution in [0.3, 0.4) is 0 Å². The molecule has 1 N–H and O–H groups in total. The fourth-order valence-electron chi connectivity index (χ4n) is 1.57. The first kappa shape index (κ1) is 11.5. The number of anilines is 1. The van der Waals surface area contributed by atoms with E-state index in [1.807, 2.05) is 18.2 Å². The van der Waals surface area contributed by atoms with E-state index in [1.165, 1.54) is 18.1 Å². The summed E-state index contributed by atoms with van der Waals surface area (Å²) in [6.45, 7) is 4.24. The number of rotatable bonds is 3. The zero-order valence-corrected chi connectivity index (χ0v) is 9.94. The Morgan fingerprint density at radius 1 is 1.29 bits per heavy atom. The molecule has 0 atom stereocenters. The van der Waals surface area contributed by atoms with Crippen molar-refractivity contribution >= 4 is 11.6 Å². The Morgan fingerprint density at radius 3 is 2.76 bits per heavy atom. The number of carbonyl (C=O) groups is 1. The molecule has 0 bridgehead atoms. The lowest BCUT2D eigenvalue weighted by Crippen LogP contribution is -2.10. The van der Waals surface area contributed by atoms with Gasteiger partial charge in [0.15, 0.2) is 0 Å². The molecule has 1 aromatic heterocycles. The van der Waals surface area contributed by atoms with Gasteiger partial charge in [0.2, 0.25) is 0 Å². The Labute approximate surface area is 100 Å². The smallest absolute Gasteiger partial charge is 0.258 e. The van der Waals surface area contributed by atoms with E-state index in [9.17, 15) is 4.79 Å². The molecule has 3 nitrogen and oxygen atoms in total. The van der Waals surface area contributed by atoms with Crippen molar-refractivity contribution in [3.8, 4) is 0 Å². The third kappa shape index (κ3) is 2.75. The quantitative estimate of drug-likeness (QED) is 0.872. The first-order valence-electron chi connectivity index (χ1n) is 5.60. The van der Waals surface area contributed by atoms with Crippen LogP contribution in [0.15, 0.2) is 47.3 Å². The predicted molar refractivity (Wildman–Crippen MR) is 67.2 cm³/mol. The van der Waals surface area contributed by atoms with Crippen LogP contribution in [-0.2, 0) is 0 Å². The molecular weight excluding hydrogens is 214 g/mol. The number of carbonyl (C=O) groups excluding carboxylic acids is 1. The number of amides is 1. The lowest BCUT2D eigenvalue weighted by Gasteiger charge is -2.08. The normalized spacial score (nSPS) is 10.5. The van der Waals surface area contributed by atoms with Crippen LogP contribution in [0.4, 0.5) is 5.69 Å². The number of hydrogen-bond donors (Lipinski definition) is 1. The van der Waals surface area contributed by atoms with Gasteiger partial charge in [-0.15, -0.1) is 0 Å². The van der Waals surface area contributed by atoms with Crippen LogP contribution in [0, 0.1) is 0 Å². The predicted octanol–water partition coefficient (Wildman–Crippen LogP) is 3.66. The van der Waals surface area contributed by atoms with Crippen molar-refractivity contribution in [1.29, 1.82) is 0 Å². The van der Waals surface area contributed by atoms with Crippen LogP contribution in [0.2, 0.25) is 0 Å². The average Bonchev–Trinajstić information content (AvgIpc) is 2.82. The van der Waals surface area contributed by atoms with Gasteiger partial charge in [0, 0.05) is 5.69 Å². The summed E-state index contributed by atoms with van der Waals surface area (Å²) in [5, 5.41) is 2.84. The summed E-state index contributed by atoms with van der Waals surface area (Å²) >= 11 is 0. The monoisotopic (exact) mass is 229 g/mol. The van der Waals surface area contributed by atoms with Gasteiger partial charge in [-0.05, 0) is 29.7 Å². The molecule has 0 saturated heterocycles. The van der Waals surface area contributed by atoms with Crippen molar-refractivity contribution in [3.05, 3.63) is 54.0 Å². The maximum Gasteiger partial charge on any atom is 0.258 e. The first-order valence-corrected chi connectivity index (χ1v) is 5.60. The maximum atomic E-state index is 11.8. The van der Waals surface area contributed by atoms with E-state index in [0.717, 1.165) is 5.69 Å². The van der Waals surface area contributed by atoms with Crippen LogP contribution >= 0.6 is 0 Å². The SMILES string of the molecule is CC(C)c1cccc(NC(=O)c2ccoc2)c1. The van der Waals surface area contributed by atoms with Gasteiger partial charge in [-0.3, -0.25) is 4.79 Å². The molecule has 1 amide bonds. The van der Waals surface area contributed by atoms with Gasteiger partial charge in [0.05, 0.1) is 11.8 Å². The van der Waals surface area contributed by atoms with Crippen molar-refractivity contribution in [2.45, 2.75) is 19.8 Å². The number of hydrogen-bond acceptors (Lipinski definition) is 2. The topological polar surface area (TPSA) is 42.2 Å². The summed E-state index contributed by atoms with van der Waals surface area (Å²) in [6.07, 6.45) is 2.92. The zero-order chi connectivity index (χ0) is 12.3. The molecule has 0 radical (unpaired) electrons. The fourth-order valence-corrected chi connectivity index (χ4v) is 1.57. The standard InChI is InChI=1S/C14H15NO2/c1-10(2)11-4-3-5-13(8-11)15-14(16)12-6-7-17-9-12/h3-10H,1-2H3,(H,15,16). The maximum absolute atomic E-state index is 11.8. The second kappa shape index (κ2) is 4.87. The highest BCUT2D eigenvalue weighted by atomic mass is 16.3. The Bertz CT molecular complexity index is 501. The molecule has 0 fully saturated rings. The van der Waals surface area contributed by atoms with Gasteiger partial charge in [-0.2, -0.15) is 0 Å². The van der Waals surface area contributed by atoms with Crippen molar-refractivity contribution in [3.63, 3.8) is 0 Å². The van der Waals surface area contributed by atoms with Crippen LogP contribution in [0.25, 0.3) is 0 Å². The average molecular weight is 229 g/mol. The summed E-state index contributed by atoms with van der Waals surface area (Å²) in [4.78, 5) is 11.8. The third-order valence-electron chi connectivity index (χ3n) is 2.59. The van der Waals surface area contributed by atoms with Crippen molar-refractivity contribution in [1.82, 2.24) is 0 Å². The minimum atomic E-state index is -0.153. The fraction of sp³-hybridized carbons (Fsp3) is 0.214. The van der Waals surface area contributed by atoms with Gasteiger partial charge in [0.1, 0.15) is 6.26 Å². The van der Waals surface area contributed by atoms with Crippen LogP contribution < -0.4 is 5.32 Å². The largest absolute Gasteiger partial charge is 0.472 e. The zero-order valence-electron chi connectivity index (χ0n) is 9.94. The molecule has 0 saturated carbocycles. The molecule has 2 aromatic rings. The van der Waals surface area contributed by atoms with Gasteiger partial charge < -0.3 is 9.73 Å². The first-order chi connectivity index (χ1) is 8.16. The molecule has 3 heteroatoms. The van der Waals surface area contributed by atoms with Crippen molar-refractivity contribution < 1.29 is 9.21 Å².